The van der Waals surface area contributed by atoms with Gasteiger partial charge in [-0.05, 0) is 37.6 Å². The third kappa shape index (κ3) is 6.49. The van der Waals surface area contributed by atoms with Crippen molar-refractivity contribution in [1.82, 2.24) is 10.6 Å². The van der Waals surface area contributed by atoms with E-state index in [9.17, 15) is 19.2 Å². The second-order valence-electron chi connectivity index (χ2n) is 6.13. The van der Waals surface area contributed by atoms with Crippen LogP contribution in [0, 0.1) is 0 Å². The highest BCUT2D eigenvalue weighted by molar-refractivity contribution is 6.06. The van der Waals surface area contributed by atoms with Crippen LogP contribution in [-0.2, 0) is 14.3 Å². The number of carbonyl (C=O) groups is 4. The Labute approximate surface area is 167 Å². The molecule has 0 fully saturated rings. The van der Waals surface area contributed by atoms with Gasteiger partial charge in [0.2, 0.25) is 5.91 Å². The van der Waals surface area contributed by atoms with E-state index in [0.717, 1.165) is 6.42 Å². The molecule has 0 aliphatic carbocycles. The van der Waals surface area contributed by atoms with E-state index in [2.05, 4.69) is 16.0 Å². The lowest BCUT2D eigenvalue weighted by atomic mass is 10.1. The van der Waals surface area contributed by atoms with Crippen LogP contribution in [0.2, 0.25) is 0 Å². The molecule has 2 aromatic rings. The maximum Gasteiger partial charge on any atom is 0.340 e. The first-order chi connectivity index (χ1) is 13.9. The maximum atomic E-state index is 12.3. The fourth-order valence-electron chi connectivity index (χ4n) is 2.32. The highest BCUT2D eigenvalue weighted by Gasteiger charge is 2.19. The molecule has 154 valence electrons. The lowest BCUT2D eigenvalue weighted by Crippen LogP contribution is -2.46. The third-order valence-electron chi connectivity index (χ3n) is 3.79. The van der Waals surface area contributed by atoms with Gasteiger partial charge in [0, 0.05) is 6.54 Å². The van der Waals surface area contributed by atoms with Crippen LogP contribution in [-0.4, -0.2) is 42.9 Å². The fraction of sp³-hybridized carbons (Fsp3) is 0.300. The quantitative estimate of drug-likeness (QED) is 0.549. The third-order valence-corrected chi connectivity index (χ3v) is 3.79. The van der Waals surface area contributed by atoms with Crippen LogP contribution in [0.15, 0.2) is 47.1 Å². The number of furan rings is 1. The number of nitrogens with one attached hydrogen (secondary N) is 3. The summed E-state index contributed by atoms with van der Waals surface area (Å²) in [6.45, 7) is 3.39. The topological polar surface area (TPSA) is 127 Å². The first-order valence-electron chi connectivity index (χ1n) is 9.10. The Balaban J connectivity index is 1.91. The number of anilines is 1. The van der Waals surface area contributed by atoms with E-state index in [1.165, 1.54) is 31.4 Å². The summed E-state index contributed by atoms with van der Waals surface area (Å²) in [7, 11) is 0. The maximum absolute atomic E-state index is 12.3. The minimum atomic E-state index is -0.793. The van der Waals surface area contributed by atoms with Gasteiger partial charge in [-0.1, -0.05) is 19.1 Å². The summed E-state index contributed by atoms with van der Waals surface area (Å²) in [4.78, 5) is 48.2. The molecule has 0 spiro atoms. The number of rotatable bonds is 9. The first kappa shape index (κ1) is 21.7. The zero-order chi connectivity index (χ0) is 21.2. The van der Waals surface area contributed by atoms with E-state index in [4.69, 9.17) is 9.15 Å². The molecule has 1 aromatic heterocycles. The second-order valence-corrected chi connectivity index (χ2v) is 6.13. The lowest BCUT2D eigenvalue weighted by Gasteiger charge is -2.14. The van der Waals surface area contributed by atoms with Crippen molar-refractivity contribution in [3.05, 3.63) is 54.0 Å². The Kier molecular flexibility index (Phi) is 7.96. The lowest BCUT2D eigenvalue weighted by molar-refractivity contribution is -0.130. The number of hydrogen-bond donors (Lipinski definition) is 3. The van der Waals surface area contributed by atoms with Crippen LogP contribution in [0.5, 0.6) is 0 Å². The minimum absolute atomic E-state index is 0.0777. The number of hydrogen-bond acceptors (Lipinski definition) is 6. The van der Waals surface area contributed by atoms with Crippen LogP contribution in [0.3, 0.4) is 0 Å². The predicted octanol–water partition coefficient (Wildman–Crippen LogP) is 1.72. The molecule has 1 atom stereocenters. The summed E-state index contributed by atoms with van der Waals surface area (Å²) >= 11 is 0. The molecular formula is C20H23N3O6. The normalized spacial score (nSPS) is 11.2. The number of carbonyl (C=O) groups excluding carboxylic acids is 4. The van der Waals surface area contributed by atoms with Gasteiger partial charge in [-0.2, -0.15) is 0 Å². The highest BCUT2D eigenvalue weighted by Crippen LogP contribution is 2.17. The van der Waals surface area contributed by atoms with Crippen molar-refractivity contribution in [2.75, 3.05) is 18.5 Å². The molecular weight excluding hydrogens is 378 g/mol. The van der Waals surface area contributed by atoms with Crippen molar-refractivity contribution in [2.45, 2.75) is 26.3 Å². The zero-order valence-electron chi connectivity index (χ0n) is 16.2. The predicted molar refractivity (Wildman–Crippen MR) is 104 cm³/mol. The summed E-state index contributed by atoms with van der Waals surface area (Å²) in [6, 6.07) is 8.51. The Morgan fingerprint density at radius 2 is 1.86 bits per heavy atom. The highest BCUT2D eigenvalue weighted by atomic mass is 16.5. The van der Waals surface area contributed by atoms with E-state index >= 15 is 0 Å². The monoisotopic (exact) mass is 401 g/mol. The van der Waals surface area contributed by atoms with Gasteiger partial charge in [0.1, 0.15) is 6.04 Å². The molecule has 0 unspecified atom stereocenters. The van der Waals surface area contributed by atoms with Crippen molar-refractivity contribution in [2.24, 2.45) is 0 Å². The van der Waals surface area contributed by atoms with Gasteiger partial charge in [-0.25, -0.2) is 4.79 Å². The Morgan fingerprint density at radius 3 is 2.55 bits per heavy atom. The van der Waals surface area contributed by atoms with E-state index < -0.39 is 30.4 Å². The number of benzene rings is 1. The average Bonchev–Trinajstić information content (AvgIpc) is 3.25. The van der Waals surface area contributed by atoms with Gasteiger partial charge >= 0.3 is 5.97 Å². The Morgan fingerprint density at radius 1 is 1.10 bits per heavy atom. The van der Waals surface area contributed by atoms with Gasteiger partial charge in [-0.15, -0.1) is 0 Å². The Hall–Kier alpha value is -3.62. The van der Waals surface area contributed by atoms with Crippen molar-refractivity contribution >= 4 is 29.4 Å². The summed E-state index contributed by atoms with van der Waals surface area (Å²) < 4.78 is 10.0. The molecule has 3 N–H and O–H groups in total. The van der Waals surface area contributed by atoms with Crippen LogP contribution >= 0.6 is 0 Å². The SMILES string of the molecule is CCCNC(=O)[C@H](C)NC(=O)COC(=O)c1ccccc1NC(=O)c1ccco1. The van der Waals surface area contributed by atoms with Crippen LogP contribution in [0.4, 0.5) is 5.69 Å². The molecule has 1 heterocycles. The van der Waals surface area contributed by atoms with Crippen molar-refractivity contribution in [3.8, 4) is 0 Å². The number of ether oxygens (including phenoxy) is 1. The van der Waals surface area contributed by atoms with E-state index in [1.807, 2.05) is 6.92 Å². The largest absolute Gasteiger partial charge is 0.459 e. The van der Waals surface area contributed by atoms with Gasteiger partial charge in [0.15, 0.2) is 12.4 Å². The van der Waals surface area contributed by atoms with Crippen molar-refractivity contribution in [1.29, 1.82) is 0 Å². The molecule has 3 amide bonds. The van der Waals surface area contributed by atoms with E-state index in [0.29, 0.717) is 6.54 Å². The summed E-state index contributed by atoms with van der Waals surface area (Å²) in [5.41, 5.74) is 0.292. The molecule has 0 aliphatic heterocycles. The standard InChI is InChI=1S/C20H23N3O6/c1-3-10-21-18(25)13(2)22-17(24)12-29-20(27)14-7-4-5-8-15(14)23-19(26)16-9-6-11-28-16/h4-9,11,13H,3,10,12H2,1-2H3,(H,21,25)(H,22,24)(H,23,26)/t13-/m0/s1. The Bertz CT molecular complexity index is 863. The molecule has 0 aliphatic rings. The summed E-state index contributed by atoms with van der Waals surface area (Å²) in [6.07, 6.45) is 2.14. The van der Waals surface area contributed by atoms with Gasteiger partial charge in [-0.3, -0.25) is 14.4 Å². The number of amides is 3. The van der Waals surface area contributed by atoms with Crippen molar-refractivity contribution in [3.63, 3.8) is 0 Å². The smallest absolute Gasteiger partial charge is 0.340 e. The van der Waals surface area contributed by atoms with Gasteiger partial charge in [0.05, 0.1) is 17.5 Å². The molecule has 0 saturated carbocycles. The van der Waals surface area contributed by atoms with Crippen LogP contribution < -0.4 is 16.0 Å². The molecule has 2 rings (SSSR count). The van der Waals surface area contributed by atoms with E-state index in [-0.39, 0.29) is 22.9 Å². The molecule has 0 bridgehead atoms. The second kappa shape index (κ2) is 10.6. The fourth-order valence-corrected chi connectivity index (χ4v) is 2.32. The van der Waals surface area contributed by atoms with Gasteiger partial charge < -0.3 is 25.1 Å². The zero-order valence-corrected chi connectivity index (χ0v) is 16.2. The molecule has 29 heavy (non-hydrogen) atoms. The number of para-hydroxylation sites is 1. The molecule has 1 aromatic carbocycles. The molecule has 9 heteroatoms. The average molecular weight is 401 g/mol. The van der Waals surface area contributed by atoms with Crippen molar-refractivity contribution < 1.29 is 28.3 Å². The van der Waals surface area contributed by atoms with Crippen LogP contribution in [0.25, 0.3) is 0 Å². The number of esters is 1. The molecule has 0 radical (unpaired) electrons. The molecule has 9 nitrogen and oxygen atoms in total. The summed E-state index contributed by atoms with van der Waals surface area (Å²) in [5, 5.41) is 7.67. The first-order valence-corrected chi connectivity index (χ1v) is 9.10. The van der Waals surface area contributed by atoms with Gasteiger partial charge in [0.25, 0.3) is 11.8 Å². The molecule has 0 saturated heterocycles. The minimum Gasteiger partial charge on any atom is -0.459 e. The van der Waals surface area contributed by atoms with Crippen LogP contribution in [0.1, 0.15) is 41.2 Å². The van der Waals surface area contributed by atoms with E-state index in [1.54, 1.807) is 18.2 Å². The summed E-state index contributed by atoms with van der Waals surface area (Å²) in [5.74, 6) is -2.17.